The number of amides is 2. The van der Waals surface area contributed by atoms with Crippen molar-refractivity contribution in [3.8, 4) is 0 Å². The summed E-state index contributed by atoms with van der Waals surface area (Å²) in [5.41, 5.74) is 1.12. The van der Waals surface area contributed by atoms with E-state index in [1.165, 1.54) is 6.08 Å². The van der Waals surface area contributed by atoms with E-state index in [9.17, 15) is 14.4 Å². The van der Waals surface area contributed by atoms with Gasteiger partial charge in [-0.15, -0.1) is 0 Å². The molecule has 0 aliphatic carbocycles. The van der Waals surface area contributed by atoms with Crippen LogP contribution in [0, 0.1) is 0 Å². The number of rotatable bonds is 8. The zero-order valence-electron chi connectivity index (χ0n) is 14.7. The highest BCUT2D eigenvalue weighted by Gasteiger charge is 2.14. The van der Waals surface area contributed by atoms with Crippen LogP contribution in [0.25, 0.3) is 6.08 Å². The van der Waals surface area contributed by atoms with E-state index in [-0.39, 0.29) is 25.1 Å². The van der Waals surface area contributed by atoms with Gasteiger partial charge in [0.05, 0.1) is 0 Å². The Morgan fingerprint density at radius 1 is 1.04 bits per heavy atom. The lowest BCUT2D eigenvalue weighted by molar-refractivity contribution is -0.137. The van der Waals surface area contributed by atoms with E-state index >= 15 is 0 Å². The molecule has 0 atom stereocenters. The first-order valence-corrected chi connectivity index (χ1v) is 9.56. The summed E-state index contributed by atoms with van der Waals surface area (Å²) in [5, 5.41) is 14.5. The molecule has 0 saturated heterocycles. The molecule has 146 valence electrons. The Labute approximate surface area is 175 Å². The number of aliphatic carboxylic acids is 1. The average Bonchev–Trinajstić information content (AvgIpc) is 2.66. The Kier molecular flexibility index (Phi) is 8.22. The van der Waals surface area contributed by atoms with Gasteiger partial charge < -0.3 is 15.7 Å². The second kappa shape index (κ2) is 10.6. The third kappa shape index (κ3) is 7.17. The molecule has 8 heteroatoms. The molecule has 3 N–H and O–H groups in total. The minimum atomic E-state index is -0.935. The van der Waals surface area contributed by atoms with E-state index in [1.807, 2.05) is 0 Å². The fourth-order valence-corrected chi connectivity index (χ4v) is 2.61. The van der Waals surface area contributed by atoms with Crippen molar-refractivity contribution in [2.45, 2.75) is 12.8 Å². The number of hydrogen-bond donors (Lipinski definition) is 3. The van der Waals surface area contributed by atoms with E-state index in [2.05, 4.69) is 26.6 Å². The minimum absolute atomic E-state index is 0.0468. The van der Waals surface area contributed by atoms with Crippen molar-refractivity contribution in [3.05, 3.63) is 74.9 Å². The van der Waals surface area contributed by atoms with Gasteiger partial charge in [-0.25, -0.2) is 0 Å². The Morgan fingerprint density at radius 3 is 2.29 bits per heavy atom. The first-order valence-electron chi connectivity index (χ1n) is 8.39. The maximum absolute atomic E-state index is 12.5. The Balaban J connectivity index is 2.16. The molecule has 6 nitrogen and oxygen atoms in total. The van der Waals surface area contributed by atoms with Crippen LogP contribution in [0.15, 0.2) is 58.7 Å². The van der Waals surface area contributed by atoms with Crippen LogP contribution in [0.2, 0.25) is 5.02 Å². The van der Waals surface area contributed by atoms with E-state index in [4.69, 9.17) is 16.7 Å². The smallest absolute Gasteiger partial charge is 0.303 e. The van der Waals surface area contributed by atoms with Crippen LogP contribution in [0.4, 0.5) is 0 Å². The van der Waals surface area contributed by atoms with Crippen molar-refractivity contribution in [2.75, 3.05) is 6.54 Å². The lowest BCUT2D eigenvalue weighted by Gasteiger charge is -2.11. The maximum atomic E-state index is 12.5. The number of halogens is 2. The lowest BCUT2D eigenvalue weighted by atomic mass is 10.1. The second-order valence-corrected chi connectivity index (χ2v) is 7.18. The fourth-order valence-electron chi connectivity index (χ4n) is 2.22. The highest BCUT2D eigenvalue weighted by Crippen LogP contribution is 2.14. The lowest BCUT2D eigenvalue weighted by Crippen LogP contribution is -2.35. The summed E-state index contributed by atoms with van der Waals surface area (Å²) in [6, 6.07) is 13.5. The van der Waals surface area contributed by atoms with Gasteiger partial charge in [0.25, 0.3) is 11.8 Å². The quantitative estimate of drug-likeness (QED) is 0.407. The maximum Gasteiger partial charge on any atom is 0.303 e. The van der Waals surface area contributed by atoms with Crippen LogP contribution in [0.1, 0.15) is 28.8 Å². The molecular weight excluding hydrogens is 448 g/mol. The molecule has 2 amide bonds. The Bertz CT molecular complexity index is 880. The first-order chi connectivity index (χ1) is 13.3. The number of benzene rings is 2. The zero-order valence-corrected chi connectivity index (χ0v) is 17.1. The van der Waals surface area contributed by atoms with Gasteiger partial charge in [-0.3, -0.25) is 14.4 Å². The fraction of sp³-hybridized carbons (Fsp3) is 0.150. The highest BCUT2D eigenvalue weighted by molar-refractivity contribution is 9.10. The number of carboxylic acids is 1. The summed E-state index contributed by atoms with van der Waals surface area (Å²) in [4.78, 5) is 35.6. The molecule has 2 aromatic rings. The van der Waals surface area contributed by atoms with Gasteiger partial charge in [0.1, 0.15) is 5.70 Å². The van der Waals surface area contributed by atoms with Crippen molar-refractivity contribution in [3.63, 3.8) is 0 Å². The Hall–Kier alpha value is -2.64. The molecule has 0 aliphatic rings. The van der Waals surface area contributed by atoms with Crippen molar-refractivity contribution in [2.24, 2.45) is 0 Å². The van der Waals surface area contributed by atoms with Crippen LogP contribution in [-0.2, 0) is 9.59 Å². The largest absolute Gasteiger partial charge is 0.481 e. The standard InChI is InChI=1S/C20H18BrClN2O4/c21-15-7-5-14(6-8-15)19(27)24-17(12-13-3-9-16(22)10-4-13)20(28)23-11-1-2-18(25)26/h3-10,12H,1-2,11H2,(H,23,28)(H,24,27)(H,25,26). The minimum Gasteiger partial charge on any atom is -0.481 e. The summed E-state index contributed by atoms with van der Waals surface area (Å²) in [5.74, 6) is -1.88. The predicted octanol–water partition coefficient (Wildman–Crippen LogP) is 3.85. The molecule has 2 rings (SSSR count). The molecule has 2 aromatic carbocycles. The predicted molar refractivity (Wildman–Crippen MR) is 111 cm³/mol. The highest BCUT2D eigenvalue weighted by atomic mass is 79.9. The monoisotopic (exact) mass is 464 g/mol. The molecule has 0 unspecified atom stereocenters. The van der Waals surface area contributed by atoms with Gasteiger partial charge >= 0.3 is 5.97 Å². The molecule has 0 aliphatic heterocycles. The number of carbonyl (C=O) groups excluding carboxylic acids is 2. The third-order valence-electron chi connectivity index (χ3n) is 3.63. The molecular formula is C20H18BrClN2O4. The van der Waals surface area contributed by atoms with Gasteiger partial charge in [0.15, 0.2) is 0 Å². The first kappa shape index (κ1) is 21.7. The zero-order chi connectivity index (χ0) is 20.5. The van der Waals surface area contributed by atoms with E-state index in [0.29, 0.717) is 16.1 Å². The summed E-state index contributed by atoms with van der Waals surface area (Å²) in [6.07, 6.45) is 1.76. The van der Waals surface area contributed by atoms with Gasteiger partial charge in [0.2, 0.25) is 0 Å². The molecule has 0 radical (unpaired) electrons. The van der Waals surface area contributed by atoms with Crippen molar-refractivity contribution < 1.29 is 19.5 Å². The van der Waals surface area contributed by atoms with Gasteiger partial charge in [0, 0.05) is 28.0 Å². The summed E-state index contributed by atoms with van der Waals surface area (Å²) >= 11 is 9.18. The number of carboxylic acid groups (broad SMARTS) is 1. The normalized spacial score (nSPS) is 11.0. The molecule has 0 heterocycles. The van der Waals surface area contributed by atoms with Crippen LogP contribution in [0.5, 0.6) is 0 Å². The molecule has 0 aromatic heterocycles. The van der Waals surface area contributed by atoms with Crippen LogP contribution >= 0.6 is 27.5 Å². The van der Waals surface area contributed by atoms with Gasteiger partial charge in [-0.05, 0) is 54.5 Å². The molecule has 0 bridgehead atoms. The second-order valence-electron chi connectivity index (χ2n) is 5.82. The Morgan fingerprint density at radius 2 is 1.68 bits per heavy atom. The van der Waals surface area contributed by atoms with Crippen LogP contribution < -0.4 is 10.6 Å². The van der Waals surface area contributed by atoms with E-state index in [1.54, 1.807) is 48.5 Å². The van der Waals surface area contributed by atoms with E-state index < -0.39 is 17.8 Å². The van der Waals surface area contributed by atoms with E-state index in [0.717, 1.165) is 4.47 Å². The molecule has 28 heavy (non-hydrogen) atoms. The van der Waals surface area contributed by atoms with Gasteiger partial charge in [-0.2, -0.15) is 0 Å². The molecule has 0 spiro atoms. The summed E-state index contributed by atoms with van der Waals surface area (Å²) in [6.45, 7) is 0.178. The SMILES string of the molecule is O=C(O)CCCNC(=O)C(=Cc1ccc(Cl)cc1)NC(=O)c1ccc(Br)cc1. The number of carbonyl (C=O) groups is 3. The van der Waals surface area contributed by atoms with Crippen molar-refractivity contribution >= 4 is 51.4 Å². The topological polar surface area (TPSA) is 95.5 Å². The van der Waals surface area contributed by atoms with Crippen molar-refractivity contribution in [1.29, 1.82) is 0 Å². The van der Waals surface area contributed by atoms with Crippen LogP contribution in [0.3, 0.4) is 0 Å². The number of hydrogen-bond acceptors (Lipinski definition) is 3. The molecule has 0 fully saturated rings. The number of nitrogens with one attached hydrogen (secondary N) is 2. The van der Waals surface area contributed by atoms with Crippen LogP contribution in [-0.4, -0.2) is 29.4 Å². The average molecular weight is 466 g/mol. The third-order valence-corrected chi connectivity index (χ3v) is 4.41. The molecule has 0 saturated carbocycles. The summed E-state index contributed by atoms with van der Waals surface area (Å²) in [7, 11) is 0. The summed E-state index contributed by atoms with van der Waals surface area (Å²) < 4.78 is 0.831. The van der Waals surface area contributed by atoms with Gasteiger partial charge in [-0.1, -0.05) is 39.7 Å². The van der Waals surface area contributed by atoms with Crippen molar-refractivity contribution in [1.82, 2.24) is 10.6 Å².